The number of rotatable bonds is 4. The molecule has 1 saturated heterocycles. The third-order valence-corrected chi connectivity index (χ3v) is 4.69. The number of nitrogens with zero attached hydrogens (tertiary/aromatic N) is 5. The Kier molecular flexibility index (Phi) is 4.31. The predicted molar refractivity (Wildman–Crippen MR) is 86.0 cm³/mol. The van der Waals surface area contributed by atoms with Crippen LogP contribution >= 0.6 is 11.3 Å². The van der Waals surface area contributed by atoms with E-state index in [1.807, 2.05) is 13.1 Å². The lowest BCUT2D eigenvalue weighted by molar-refractivity contribution is 0.623. The van der Waals surface area contributed by atoms with Crippen molar-refractivity contribution < 1.29 is 0 Å². The van der Waals surface area contributed by atoms with Crippen LogP contribution < -0.4 is 15.1 Å². The SMILES string of the molecule is CNC(C)c1csc(N2CCN(c3ncccn3)CC2)n1. The molecule has 0 aromatic carbocycles. The van der Waals surface area contributed by atoms with Gasteiger partial charge >= 0.3 is 0 Å². The van der Waals surface area contributed by atoms with Crippen LogP contribution in [0.2, 0.25) is 0 Å². The van der Waals surface area contributed by atoms with Gasteiger partial charge in [-0.3, -0.25) is 0 Å². The van der Waals surface area contributed by atoms with E-state index in [2.05, 4.69) is 37.4 Å². The fraction of sp³-hybridized carbons (Fsp3) is 0.500. The molecule has 2 aromatic heterocycles. The van der Waals surface area contributed by atoms with E-state index in [9.17, 15) is 0 Å². The second-order valence-electron chi connectivity index (χ2n) is 5.09. The molecule has 1 unspecified atom stereocenters. The molecule has 0 radical (unpaired) electrons. The molecule has 1 aliphatic heterocycles. The Labute approximate surface area is 128 Å². The maximum Gasteiger partial charge on any atom is 0.225 e. The molecule has 0 bridgehead atoms. The molecule has 0 aliphatic carbocycles. The van der Waals surface area contributed by atoms with Crippen LogP contribution in [0.5, 0.6) is 0 Å². The number of anilines is 2. The van der Waals surface area contributed by atoms with Crippen molar-refractivity contribution in [2.75, 3.05) is 43.0 Å². The largest absolute Gasteiger partial charge is 0.345 e. The Bertz CT molecular complexity index is 564. The van der Waals surface area contributed by atoms with Gasteiger partial charge in [-0.15, -0.1) is 11.3 Å². The summed E-state index contributed by atoms with van der Waals surface area (Å²) in [4.78, 5) is 17.9. The molecule has 21 heavy (non-hydrogen) atoms. The highest BCUT2D eigenvalue weighted by molar-refractivity contribution is 7.13. The van der Waals surface area contributed by atoms with Crippen molar-refractivity contribution in [2.45, 2.75) is 13.0 Å². The van der Waals surface area contributed by atoms with Crippen LogP contribution in [0, 0.1) is 0 Å². The Hall–Kier alpha value is -1.73. The standard InChI is InChI=1S/C14H20N6S/c1-11(15-2)12-10-21-14(18-12)20-8-6-19(7-9-20)13-16-4-3-5-17-13/h3-5,10-11,15H,6-9H2,1-2H3. The van der Waals surface area contributed by atoms with E-state index in [4.69, 9.17) is 4.98 Å². The van der Waals surface area contributed by atoms with Gasteiger partial charge in [0, 0.05) is 50.0 Å². The lowest BCUT2D eigenvalue weighted by Gasteiger charge is -2.34. The average molecular weight is 304 g/mol. The van der Waals surface area contributed by atoms with Crippen LogP contribution in [0.1, 0.15) is 18.7 Å². The molecule has 1 fully saturated rings. The van der Waals surface area contributed by atoms with Crippen LogP contribution in [0.3, 0.4) is 0 Å². The Morgan fingerprint density at radius 1 is 1.14 bits per heavy atom. The molecule has 0 saturated carbocycles. The molecule has 7 heteroatoms. The van der Waals surface area contributed by atoms with Gasteiger partial charge in [0.15, 0.2) is 5.13 Å². The van der Waals surface area contributed by atoms with Crippen molar-refractivity contribution in [2.24, 2.45) is 0 Å². The number of aromatic nitrogens is 3. The van der Waals surface area contributed by atoms with Gasteiger partial charge in [-0.1, -0.05) is 0 Å². The van der Waals surface area contributed by atoms with Gasteiger partial charge in [0.1, 0.15) is 0 Å². The summed E-state index contributed by atoms with van der Waals surface area (Å²) >= 11 is 1.72. The number of piperazine rings is 1. The molecule has 3 rings (SSSR count). The monoisotopic (exact) mass is 304 g/mol. The first kappa shape index (κ1) is 14.2. The number of thiazole rings is 1. The fourth-order valence-corrected chi connectivity index (χ4v) is 3.29. The summed E-state index contributed by atoms with van der Waals surface area (Å²) < 4.78 is 0. The summed E-state index contributed by atoms with van der Waals surface area (Å²) in [5, 5.41) is 6.48. The van der Waals surface area contributed by atoms with E-state index >= 15 is 0 Å². The molecule has 112 valence electrons. The van der Waals surface area contributed by atoms with Gasteiger partial charge in [0.25, 0.3) is 0 Å². The van der Waals surface area contributed by atoms with Crippen LogP contribution in [-0.4, -0.2) is 48.2 Å². The summed E-state index contributed by atoms with van der Waals surface area (Å²) in [6.45, 7) is 5.91. The van der Waals surface area contributed by atoms with Gasteiger partial charge in [-0.2, -0.15) is 0 Å². The van der Waals surface area contributed by atoms with E-state index in [-0.39, 0.29) is 0 Å². The quantitative estimate of drug-likeness (QED) is 0.925. The van der Waals surface area contributed by atoms with E-state index < -0.39 is 0 Å². The molecule has 0 amide bonds. The zero-order valence-corrected chi connectivity index (χ0v) is 13.2. The molecular weight excluding hydrogens is 284 g/mol. The third kappa shape index (κ3) is 3.14. The number of nitrogens with one attached hydrogen (secondary N) is 1. The van der Waals surface area contributed by atoms with Crippen LogP contribution in [0.4, 0.5) is 11.1 Å². The van der Waals surface area contributed by atoms with Gasteiger partial charge in [0.2, 0.25) is 5.95 Å². The molecule has 1 N–H and O–H groups in total. The lowest BCUT2D eigenvalue weighted by Crippen LogP contribution is -2.47. The minimum absolute atomic E-state index is 0.300. The highest BCUT2D eigenvalue weighted by Gasteiger charge is 2.21. The predicted octanol–water partition coefficient (Wildman–Crippen LogP) is 1.54. The summed E-state index contributed by atoms with van der Waals surface area (Å²) in [6, 6.07) is 2.15. The van der Waals surface area contributed by atoms with Crippen LogP contribution in [0.15, 0.2) is 23.8 Å². The summed E-state index contributed by atoms with van der Waals surface area (Å²) in [6.07, 6.45) is 3.59. The van der Waals surface area contributed by atoms with Crippen molar-refractivity contribution in [1.29, 1.82) is 0 Å². The smallest absolute Gasteiger partial charge is 0.225 e. The van der Waals surface area contributed by atoms with Crippen molar-refractivity contribution in [3.63, 3.8) is 0 Å². The Balaban J connectivity index is 1.62. The second kappa shape index (κ2) is 6.36. The minimum Gasteiger partial charge on any atom is -0.345 e. The van der Waals surface area contributed by atoms with Gasteiger partial charge in [-0.05, 0) is 20.0 Å². The van der Waals surface area contributed by atoms with Crippen molar-refractivity contribution >= 4 is 22.4 Å². The maximum absolute atomic E-state index is 4.73. The fourth-order valence-electron chi connectivity index (χ4n) is 2.32. The Morgan fingerprint density at radius 2 is 1.81 bits per heavy atom. The second-order valence-corrected chi connectivity index (χ2v) is 5.92. The van der Waals surface area contributed by atoms with E-state index in [1.54, 1.807) is 23.7 Å². The first-order valence-corrected chi connectivity index (χ1v) is 8.05. The number of hydrogen-bond donors (Lipinski definition) is 1. The van der Waals surface area contributed by atoms with Gasteiger partial charge < -0.3 is 15.1 Å². The molecule has 1 atom stereocenters. The van der Waals surface area contributed by atoms with E-state index in [0.29, 0.717) is 6.04 Å². The lowest BCUT2D eigenvalue weighted by atomic mass is 10.3. The highest BCUT2D eigenvalue weighted by Crippen LogP contribution is 2.25. The summed E-state index contributed by atoms with van der Waals surface area (Å²) in [5.74, 6) is 0.820. The topological polar surface area (TPSA) is 57.2 Å². The first-order valence-electron chi connectivity index (χ1n) is 7.17. The first-order chi connectivity index (χ1) is 10.3. The molecule has 2 aromatic rings. The average Bonchev–Trinajstić information content (AvgIpc) is 3.05. The minimum atomic E-state index is 0.300. The van der Waals surface area contributed by atoms with Crippen LogP contribution in [-0.2, 0) is 0 Å². The van der Waals surface area contributed by atoms with Gasteiger partial charge in [0.05, 0.1) is 5.69 Å². The van der Waals surface area contributed by atoms with E-state index in [1.165, 1.54) is 0 Å². The normalized spacial score (nSPS) is 17.0. The number of hydrogen-bond acceptors (Lipinski definition) is 7. The molecule has 0 spiro atoms. The molecule has 1 aliphatic rings. The van der Waals surface area contributed by atoms with Crippen molar-refractivity contribution in [1.82, 2.24) is 20.3 Å². The highest BCUT2D eigenvalue weighted by atomic mass is 32.1. The molecule has 3 heterocycles. The van der Waals surface area contributed by atoms with Crippen molar-refractivity contribution in [3.05, 3.63) is 29.5 Å². The van der Waals surface area contributed by atoms with Crippen molar-refractivity contribution in [3.8, 4) is 0 Å². The zero-order chi connectivity index (χ0) is 14.7. The summed E-state index contributed by atoms with van der Waals surface area (Å²) in [5.41, 5.74) is 1.12. The molecule has 6 nitrogen and oxygen atoms in total. The van der Waals surface area contributed by atoms with Crippen LogP contribution in [0.25, 0.3) is 0 Å². The zero-order valence-electron chi connectivity index (χ0n) is 12.4. The Morgan fingerprint density at radius 3 is 2.48 bits per heavy atom. The third-order valence-electron chi connectivity index (χ3n) is 3.77. The van der Waals surface area contributed by atoms with E-state index in [0.717, 1.165) is 43.0 Å². The maximum atomic E-state index is 4.73. The molecular formula is C14H20N6S. The summed E-state index contributed by atoms with van der Waals surface area (Å²) in [7, 11) is 1.96. The van der Waals surface area contributed by atoms with Gasteiger partial charge in [-0.25, -0.2) is 15.0 Å².